The summed E-state index contributed by atoms with van der Waals surface area (Å²) in [4.78, 5) is 13.2. The van der Waals surface area contributed by atoms with Crippen molar-refractivity contribution in [1.82, 2.24) is 9.88 Å². The number of amidine groups is 1. The topological polar surface area (TPSA) is 31.7 Å². The third-order valence-electron chi connectivity index (χ3n) is 3.29. The molecule has 4 nitrogen and oxygen atoms in total. The molecule has 0 amide bonds. The second kappa shape index (κ2) is 4.80. The van der Waals surface area contributed by atoms with Crippen molar-refractivity contribution in [2.45, 2.75) is 0 Å². The van der Waals surface area contributed by atoms with Crippen LogP contribution < -0.4 is 4.90 Å². The third kappa shape index (κ3) is 2.02. The van der Waals surface area contributed by atoms with Crippen molar-refractivity contribution in [2.24, 2.45) is 4.99 Å². The molecule has 0 atom stereocenters. The van der Waals surface area contributed by atoms with Gasteiger partial charge < -0.3 is 9.80 Å². The maximum atomic E-state index is 6.02. The standard InChI is InChI=1S/C15H15ClN4/c1-19(2)14-10-6-4-5-7-12(10)20(3)15-11(17-14)8-9-13(16)18-15/h4-9H,1-3H3. The lowest BCUT2D eigenvalue weighted by Crippen LogP contribution is -2.24. The SMILES string of the molecule is CN(C)C1=Nc2ccc(Cl)nc2N(C)c2ccccc21. The number of halogens is 1. The van der Waals surface area contributed by atoms with Gasteiger partial charge in [0.05, 0.1) is 5.69 Å². The molecule has 2 heterocycles. The van der Waals surface area contributed by atoms with E-state index in [-0.39, 0.29) is 0 Å². The van der Waals surface area contributed by atoms with Gasteiger partial charge in [0.15, 0.2) is 5.82 Å². The summed E-state index contributed by atoms with van der Waals surface area (Å²) in [6, 6.07) is 11.8. The van der Waals surface area contributed by atoms with Crippen molar-refractivity contribution >= 4 is 34.6 Å². The van der Waals surface area contributed by atoms with Gasteiger partial charge in [-0.25, -0.2) is 9.98 Å². The molecule has 0 bridgehead atoms. The largest absolute Gasteiger partial charge is 0.362 e. The van der Waals surface area contributed by atoms with Gasteiger partial charge in [0, 0.05) is 26.7 Å². The summed E-state index contributed by atoms with van der Waals surface area (Å²) in [5, 5.41) is 0.469. The summed E-state index contributed by atoms with van der Waals surface area (Å²) in [5.74, 6) is 1.68. The van der Waals surface area contributed by atoms with Crippen LogP contribution >= 0.6 is 11.6 Å². The zero-order valence-electron chi connectivity index (χ0n) is 11.6. The first kappa shape index (κ1) is 12.9. The minimum Gasteiger partial charge on any atom is -0.362 e. The zero-order valence-corrected chi connectivity index (χ0v) is 12.4. The molecule has 0 spiro atoms. The number of fused-ring (bicyclic) bond motifs is 2. The van der Waals surface area contributed by atoms with E-state index >= 15 is 0 Å². The minimum absolute atomic E-state index is 0.469. The van der Waals surface area contributed by atoms with Crippen LogP contribution in [-0.4, -0.2) is 36.9 Å². The Bertz CT molecular complexity index is 694. The first-order valence-electron chi connectivity index (χ1n) is 6.33. The van der Waals surface area contributed by atoms with Crippen LogP contribution in [-0.2, 0) is 0 Å². The lowest BCUT2D eigenvalue weighted by molar-refractivity contribution is 0.624. The molecule has 5 heteroatoms. The molecule has 3 rings (SSSR count). The van der Waals surface area contributed by atoms with Crippen molar-refractivity contribution < 1.29 is 0 Å². The number of anilines is 2. The summed E-state index contributed by atoms with van der Waals surface area (Å²) in [6.07, 6.45) is 0. The first-order chi connectivity index (χ1) is 9.58. The fourth-order valence-corrected chi connectivity index (χ4v) is 2.48. The Morgan fingerprint density at radius 1 is 1.10 bits per heavy atom. The van der Waals surface area contributed by atoms with Gasteiger partial charge in [-0.05, 0) is 24.3 Å². The van der Waals surface area contributed by atoms with E-state index in [2.05, 4.69) is 17.1 Å². The Morgan fingerprint density at radius 3 is 2.60 bits per heavy atom. The number of hydrogen-bond acceptors (Lipinski definition) is 4. The van der Waals surface area contributed by atoms with Crippen molar-refractivity contribution in [2.75, 3.05) is 26.0 Å². The maximum absolute atomic E-state index is 6.02. The van der Waals surface area contributed by atoms with Gasteiger partial charge in [0.25, 0.3) is 0 Å². The van der Waals surface area contributed by atoms with Gasteiger partial charge in [-0.15, -0.1) is 0 Å². The van der Waals surface area contributed by atoms with Crippen LogP contribution in [0, 0.1) is 0 Å². The molecule has 1 aromatic carbocycles. The van der Waals surface area contributed by atoms with Crippen LogP contribution in [0.15, 0.2) is 41.4 Å². The maximum Gasteiger partial charge on any atom is 0.160 e. The monoisotopic (exact) mass is 286 g/mol. The lowest BCUT2D eigenvalue weighted by atomic mass is 10.1. The number of pyridine rings is 1. The van der Waals surface area contributed by atoms with Crippen LogP contribution in [0.2, 0.25) is 5.15 Å². The van der Waals surface area contributed by atoms with Gasteiger partial charge in [0.1, 0.15) is 16.7 Å². The summed E-state index contributed by atoms with van der Waals surface area (Å²) >= 11 is 6.02. The number of nitrogens with zero attached hydrogens (tertiary/aromatic N) is 4. The normalized spacial score (nSPS) is 13.2. The summed E-state index contributed by atoms with van der Waals surface area (Å²) < 4.78 is 0. The molecule has 1 aromatic heterocycles. The Morgan fingerprint density at radius 2 is 1.85 bits per heavy atom. The van der Waals surface area contributed by atoms with Gasteiger partial charge in [-0.2, -0.15) is 0 Å². The summed E-state index contributed by atoms with van der Waals surface area (Å²) in [7, 11) is 5.96. The van der Waals surface area contributed by atoms with Gasteiger partial charge in [-0.1, -0.05) is 23.7 Å². The van der Waals surface area contributed by atoms with Crippen LogP contribution in [0.5, 0.6) is 0 Å². The summed E-state index contributed by atoms with van der Waals surface area (Å²) in [5.41, 5.74) is 2.96. The van der Waals surface area contributed by atoms with Crippen LogP contribution in [0.3, 0.4) is 0 Å². The quantitative estimate of drug-likeness (QED) is 0.695. The Balaban J connectivity index is 2.32. The van der Waals surface area contributed by atoms with Crippen molar-refractivity contribution in [3.8, 4) is 0 Å². The molecule has 0 unspecified atom stereocenters. The number of benzene rings is 1. The zero-order chi connectivity index (χ0) is 14.3. The Hall–Kier alpha value is -2.07. The fourth-order valence-electron chi connectivity index (χ4n) is 2.34. The molecule has 20 heavy (non-hydrogen) atoms. The van der Waals surface area contributed by atoms with Crippen molar-refractivity contribution in [3.05, 3.63) is 47.1 Å². The molecule has 1 aliphatic heterocycles. The van der Waals surface area contributed by atoms with Gasteiger partial charge >= 0.3 is 0 Å². The van der Waals surface area contributed by atoms with Crippen LogP contribution in [0.25, 0.3) is 0 Å². The van der Waals surface area contributed by atoms with E-state index in [4.69, 9.17) is 16.6 Å². The molecular weight excluding hydrogens is 272 g/mol. The number of aromatic nitrogens is 1. The first-order valence-corrected chi connectivity index (χ1v) is 6.71. The number of hydrogen-bond donors (Lipinski definition) is 0. The molecule has 2 aromatic rings. The smallest absolute Gasteiger partial charge is 0.160 e. The van der Waals surface area contributed by atoms with Crippen LogP contribution in [0.4, 0.5) is 17.2 Å². The van der Waals surface area contributed by atoms with Crippen molar-refractivity contribution in [1.29, 1.82) is 0 Å². The van der Waals surface area contributed by atoms with E-state index in [0.717, 1.165) is 28.6 Å². The predicted molar refractivity (Wildman–Crippen MR) is 83.6 cm³/mol. The van der Waals surface area contributed by atoms with E-state index in [1.54, 1.807) is 6.07 Å². The fraction of sp³-hybridized carbons (Fsp3) is 0.200. The highest BCUT2D eigenvalue weighted by Gasteiger charge is 2.22. The van der Waals surface area contributed by atoms with E-state index in [0.29, 0.717) is 5.15 Å². The molecule has 0 aliphatic carbocycles. The summed E-state index contributed by atoms with van der Waals surface area (Å²) in [6.45, 7) is 0. The number of rotatable bonds is 0. The van der Waals surface area contributed by atoms with Gasteiger partial charge in [-0.3, -0.25) is 0 Å². The average molecular weight is 287 g/mol. The average Bonchev–Trinajstić information content (AvgIpc) is 2.56. The Labute approximate surface area is 123 Å². The Kier molecular flexibility index (Phi) is 3.10. The lowest BCUT2D eigenvalue weighted by Gasteiger charge is -2.21. The molecule has 0 fully saturated rings. The molecule has 0 saturated carbocycles. The van der Waals surface area contributed by atoms with Gasteiger partial charge in [0.2, 0.25) is 0 Å². The van der Waals surface area contributed by atoms with E-state index in [9.17, 15) is 0 Å². The molecular formula is C15H15ClN4. The van der Waals surface area contributed by atoms with Crippen LogP contribution in [0.1, 0.15) is 5.56 Å². The van der Waals surface area contributed by atoms with Crippen molar-refractivity contribution in [3.63, 3.8) is 0 Å². The number of aliphatic imine (C=N–C) groups is 1. The molecule has 102 valence electrons. The second-order valence-corrected chi connectivity index (χ2v) is 5.27. The highest BCUT2D eigenvalue weighted by molar-refractivity contribution is 6.29. The highest BCUT2D eigenvalue weighted by atomic mass is 35.5. The van der Waals surface area contributed by atoms with E-state index in [1.165, 1.54) is 0 Å². The molecule has 0 N–H and O–H groups in total. The van der Waals surface area contributed by atoms with E-state index in [1.807, 2.05) is 49.1 Å². The third-order valence-corrected chi connectivity index (χ3v) is 3.51. The van der Waals surface area contributed by atoms with E-state index < -0.39 is 0 Å². The molecule has 0 radical (unpaired) electrons. The molecule has 0 saturated heterocycles. The highest BCUT2D eigenvalue weighted by Crippen LogP contribution is 2.37. The predicted octanol–water partition coefficient (Wildman–Crippen LogP) is 3.46. The molecule has 1 aliphatic rings. The minimum atomic E-state index is 0.469. The number of para-hydroxylation sites is 1. The second-order valence-electron chi connectivity index (χ2n) is 4.88.